The molecule has 1 aliphatic heterocycles. The van der Waals surface area contributed by atoms with Crippen LogP contribution in [0.3, 0.4) is 0 Å². The van der Waals surface area contributed by atoms with Gasteiger partial charge < -0.3 is 25.9 Å². The van der Waals surface area contributed by atoms with Gasteiger partial charge in [-0.3, -0.25) is 0 Å². The Morgan fingerprint density at radius 3 is 2.80 bits per heavy atom. The monoisotopic (exact) mass is 282 g/mol. The van der Waals surface area contributed by atoms with Gasteiger partial charge in [-0.15, -0.1) is 0 Å². The summed E-state index contributed by atoms with van der Waals surface area (Å²) in [5.74, 6) is -0.822. The number of hydrogen-bond acceptors (Lipinski definition) is 4. The van der Waals surface area contributed by atoms with Crippen molar-refractivity contribution in [2.45, 2.75) is 0 Å². The number of halogens is 1. The first-order valence-corrected chi connectivity index (χ1v) is 6.03. The quantitative estimate of drug-likeness (QED) is 0.323. The minimum Gasteiger partial charge on any atom is -0.409 e. The second-order valence-corrected chi connectivity index (χ2v) is 4.20. The highest BCUT2D eigenvalue weighted by atomic mass is 19.1. The number of rotatable bonds is 2. The van der Waals surface area contributed by atoms with Crippen molar-refractivity contribution in [2.75, 3.05) is 31.6 Å². The highest BCUT2D eigenvalue weighted by Crippen LogP contribution is 2.17. The molecule has 1 aliphatic rings. The van der Waals surface area contributed by atoms with Crippen molar-refractivity contribution in [2.24, 2.45) is 10.9 Å². The molecule has 0 bridgehead atoms. The molecule has 0 aliphatic carbocycles. The van der Waals surface area contributed by atoms with Crippen LogP contribution in [0.5, 0.6) is 0 Å². The third-order valence-electron chi connectivity index (χ3n) is 2.91. The highest BCUT2D eigenvalue weighted by Gasteiger charge is 2.18. The van der Waals surface area contributed by atoms with Crippen molar-refractivity contribution < 1.29 is 19.1 Å². The molecular weight excluding hydrogens is 267 g/mol. The van der Waals surface area contributed by atoms with E-state index in [4.69, 9.17) is 15.7 Å². The number of ether oxygens (including phenoxy) is 1. The number of morpholine rings is 1. The maximum Gasteiger partial charge on any atom is 0.322 e. The molecule has 4 N–H and O–H groups in total. The molecule has 2 amide bonds. The zero-order valence-corrected chi connectivity index (χ0v) is 10.7. The summed E-state index contributed by atoms with van der Waals surface area (Å²) >= 11 is 0. The number of hydrogen-bond donors (Lipinski definition) is 3. The zero-order valence-electron chi connectivity index (χ0n) is 10.7. The molecule has 0 saturated carbocycles. The Morgan fingerprint density at radius 1 is 1.45 bits per heavy atom. The summed E-state index contributed by atoms with van der Waals surface area (Å²) in [5, 5.41) is 14.1. The predicted molar refractivity (Wildman–Crippen MR) is 70.3 cm³/mol. The van der Waals surface area contributed by atoms with Gasteiger partial charge in [-0.05, 0) is 18.2 Å². The molecule has 0 spiro atoms. The predicted octanol–water partition coefficient (Wildman–Crippen LogP) is 0.784. The van der Waals surface area contributed by atoms with E-state index in [1.165, 1.54) is 12.1 Å². The van der Waals surface area contributed by atoms with E-state index in [1.54, 1.807) is 4.90 Å². The van der Waals surface area contributed by atoms with Crippen LogP contribution in [0, 0.1) is 5.82 Å². The van der Waals surface area contributed by atoms with Crippen LogP contribution < -0.4 is 11.1 Å². The maximum absolute atomic E-state index is 13.2. The number of carbonyl (C=O) groups excluding carboxylic acids is 1. The number of oxime groups is 1. The first-order chi connectivity index (χ1) is 9.61. The van der Waals surface area contributed by atoms with Crippen molar-refractivity contribution in [3.63, 3.8) is 0 Å². The second-order valence-electron chi connectivity index (χ2n) is 4.20. The lowest BCUT2D eigenvalue weighted by atomic mass is 10.1. The molecule has 108 valence electrons. The number of anilines is 1. The number of amides is 2. The summed E-state index contributed by atoms with van der Waals surface area (Å²) in [7, 11) is 0. The average molecular weight is 282 g/mol. The Labute approximate surface area is 114 Å². The van der Waals surface area contributed by atoms with E-state index in [-0.39, 0.29) is 23.1 Å². The third kappa shape index (κ3) is 3.15. The van der Waals surface area contributed by atoms with E-state index in [9.17, 15) is 9.18 Å². The van der Waals surface area contributed by atoms with Crippen LogP contribution in [-0.2, 0) is 4.74 Å². The molecule has 1 heterocycles. The minimum absolute atomic E-state index is 0.120. The van der Waals surface area contributed by atoms with Crippen LogP contribution in [-0.4, -0.2) is 48.3 Å². The van der Waals surface area contributed by atoms with Crippen molar-refractivity contribution in [3.8, 4) is 0 Å². The fraction of sp³-hybridized carbons (Fsp3) is 0.333. The van der Waals surface area contributed by atoms with Crippen LogP contribution in [0.25, 0.3) is 0 Å². The smallest absolute Gasteiger partial charge is 0.322 e. The zero-order chi connectivity index (χ0) is 14.5. The van der Waals surface area contributed by atoms with E-state index in [1.807, 2.05) is 0 Å². The standard InChI is InChI=1S/C12H15FN4O3/c13-8-1-2-10(9(7-8)11(14)16-19)15-12(18)17-3-5-20-6-4-17/h1-2,7,19H,3-6H2,(H2,14,16)(H,15,18). The molecule has 8 heteroatoms. The van der Waals surface area contributed by atoms with E-state index in [0.29, 0.717) is 26.3 Å². The summed E-state index contributed by atoms with van der Waals surface area (Å²) in [5.41, 5.74) is 5.86. The second kappa shape index (κ2) is 6.20. The van der Waals surface area contributed by atoms with Gasteiger partial charge in [0.2, 0.25) is 0 Å². The number of benzene rings is 1. The molecule has 1 aromatic rings. The number of carbonyl (C=O) groups is 1. The molecule has 0 atom stereocenters. The first-order valence-electron chi connectivity index (χ1n) is 6.03. The van der Waals surface area contributed by atoms with Gasteiger partial charge >= 0.3 is 6.03 Å². The van der Waals surface area contributed by atoms with Crippen LogP contribution in [0.15, 0.2) is 23.4 Å². The van der Waals surface area contributed by atoms with E-state index < -0.39 is 5.82 Å². The number of urea groups is 1. The third-order valence-corrected chi connectivity index (χ3v) is 2.91. The van der Waals surface area contributed by atoms with Crippen molar-refractivity contribution in [1.29, 1.82) is 0 Å². The molecule has 7 nitrogen and oxygen atoms in total. The normalized spacial score (nSPS) is 16.1. The van der Waals surface area contributed by atoms with Crippen LogP contribution in [0.1, 0.15) is 5.56 Å². The van der Waals surface area contributed by atoms with Gasteiger partial charge in [0.1, 0.15) is 5.82 Å². The summed E-state index contributed by atoms with van der Waals surface area (Å²) < 4.78 is 18.4. The number of nitrogens with one attached hydrogen (secondary N) is 1. The van der Waals surface area contributed by atoms with E-state index in [0.717, 1.165) is 6.07 Å². The Bertz CT molecular complexity index is 529. The van der Waals surface area contributed by atoms with Gasteiger partial charge in [-0.1, -0.05) is 5.16 Å². The molecule has 0 radical (unpaired) electrons. The Kier molecular flexibility index (Phi) is 4.36. The molecule has 0 unspecified atom stereocenters. The highest BCUT2D eigenvalue weighted by molar-refractivity contribution is 6.05. The van der Waals surface area contributed by atoms with Gasteiger partial charge in [0.05, 0.1) is 18.9 Å². The number of nitrogens with zero attached hydrogens (tertiary/aromatic N) is 2. The van der Waals surface area contributed by atoms with Crippen molar-refractivity contribution in [1.82, 2.24) is 4.90 Å². The Balaban J connectivity index is 2.18. The van der Waals surface area contributed by atoms with Crippen LogP contribution in [0.2, 0.25) is 0 Å². The first kappa shape index (κ1) is 14.1. The number of amidine groups is 1. The van der Waals surface area contributed by atoms with Crippen molar-refractivity contribution in [3.05, 3.63) is 29.6 Å². The largest absolute Gasteiger partial charge is 0.409 e. The SMILES string of the molecule is N/C(=N/O)c1cc(F)ccc1NC(=O)N1CCOCC1. The molecule has 1 aromatic carbocycles. The van der Waals surface area contributed by atoms with Crippen LogP contribution in [0.4, 0.5) is 14.9 Å². The Morgan fingerprint density at radius 2 is 2.15 bits per heavy atom. The molecule has 1 fully saturated rings. The molecule has 0 aromatic heterocycles. The fourth-order valence-electron chi connectivity index (χ4n) is 1.85. The summed E-state index contributed by atoms with van der Waals surface area (Å²) in [6.45, 7) is 1.91. The Hall–Kier alpha value is -2.35. The molecule has 20 heavy (non-hydrogen) atoms. The topological polar surface area (TPSA) is 100 Å². The maximum atomic E-state index is 13.2. The van der Waals surface area contributed by atoms with Gasteiger partial charge in [-0.25, -0.2) is 9.18 Å². The lowest BCUT2D eigenvalue weighted by molar-refractivity contribution is 0.0564. The van der Waals surface area contributed by atoms with Crippen LogP contribution >= 0.6 is 0 Å². The minimum atomic E-state index is -0.545. The molecule has 2 rings (SSSR count). The summed E-state index contributed by atoms with van der Waals surface area (Å²) in [6, 6.07) is 3.29. The van der Waals surface area contributed by atoms with E-state index >= 15 is 0 Å². The van der Waals surface area contributed by atoms with Gasteiger partial charge in [-0.2, -0.15) is 0 Å². The van der Waals surface area contributed by atoms with Gasteiger partial charge in [0.15, 0.2) is 5.84 Å². The van der Waals surface area contributed by atoms with E-state index in [2.05, 4.69) is 10.5 Å². The summed E-state index contributed by atoms with van der Waals surface area (Å²) in [4.78, 5) is 13.6. The molecular formula is C12H15FN4O3. The summed E-state index contributed by atoms with van der Waals surface area (Å²) in [6.07, 6.45) is 0. The van der Waals surface area contributed by atoms with Gasteiger partial charge in [0.25, 0.3) is 0 Å². The lowest BCUT2D eigenvalue weighted by Gasteiger charge is -2.27. The average Bonchev–Trinajstić information content (AvgIpc) is 2.49. The lowest BCUT2D eigenvalue weighted by Crippen LogP contribution is -2.43. The van der Waals surface area contributed by atoms with Gasteiger partial charge in [0, 0.05) is 18.7 Å². The number of nitrogens with two attached hydrogens (primary N) is 1. The fourth-order valence-corrected chi connectivity index (χ4v) is 1.85. The molecule has 1 saturated heterocycles. The van der Waals surface area contributed by atoms with Crippen molar-refractivity contribution >= 4 is 17.6 Å².